The zero-order chi connectivity index (χ0) is 14.7. The van der Waals surface area contributed by atoms with Crippen molar-refractivity contribution in [3.63, 3.8) is 0 Å². The van der Waals surface area contributed by atoms with E-state index in [-0.39, 0.29) is 11.6 Å². The van der Waals surface area contributed by atoms with Crippen LogP contribution >= 0.6 is 0 Å². The van der Waals surface area contributed by atoms with Gasteiger partial charge in [-0.05, 0) is 67.1 Å². The zero-order valence-electron chi connectivity index (χ0n) is 12.5. The molecule has 1 atom stereocenters. The van der Waals surface area contributed by atoms with Crippen LogP contribution in [-0.4, -0.2) is 0 Å². The summed E-state index contributed by atoms with van der Waals surface area (Å²) in [5, 5.41) is 0. The van der Waals surface area contributed by atoms with E-state index in [0.29, 0.717) is 11.7 Å². The molecule has 0 radical (unpaired) electrons. The second kappa shape index (κ2) is 6.08. The van der Waals surface area contributed by atoms with E-state index in [9.17, 15) is 4.39 Å². The van der Waals surface area contributed by atoms with Crippen molar-refractivity contribution in [1.29, 1.82) is 0 Å². The maximum Gasteiger partial charge on any atom is 0.165 e. The number of aryl methyl sites for hydroxylation is 2. The molecule has 106 valence electrons. The largest absolute Gasteiger partial charge is 0.454 e. The van der Waals surface area contributed by atoms with Crippen molar-refractivity contribution >= 4 is 0 Å². The van der Waals surface area contributed by atoms with E-state index in [1.807, 2.05) is 12.1 Å². The van der Waals surface area contributed by atoms with Gasteiger partial charge >= 0.3 is 0 Å². The predicted molar refractivity (Wildman–Crippen MR) is 81.1 cm³/mol. The molecular weight excluding hydrogens is 251 g/mol. The molecule has 0 bridgehead atoms. The molecule has 0 aliphatic heterocycles. The maximum absolute atomic E-state index is 13.6. The highest BCUT2D eigenvalue weighted by Crippen LogP contribution is 2.32. The fourth-order valence-corrected chi connectivity index (χ4v) is 2.63. The first-order valence-electron chi connectivity index (χ1n) is 7.06. The standard InChI is InChI=1S/C18H21FO/c1-5-12(2)18-13(3)10-15(11-14(18)4)20-17-9-7-6-8-16(17)19/h6-12H,5H2,1-4H3. The lowest BCUT2D eigenvalue weighted by Gasteiger charge is -2.18. The van der Waals surface area contributed by atoms with Crippen molar-refractivity contribution in [1.82, 2.24) is 0 Å². The van der Waals surface area contributed by atoms with Crippen LogP contribution in [0.5, 0.6) is 11.5 Å². The summed E-state index contributed by atoms with van der Waals surface area (Å²) in [5.41, 5.74) is 3.77. The van der Waals surface area contributed by atoms with E-state index in [0.717, 1.165) is 6.42 Å². The highest BCUT2D eigenvalue weighted by molar-refractivity contribution is 5.44. The van der Waals surface area contributed by atoms with Gasteiger partial charge in [-0.25, -0.2) is 4.39 Å². The average Bonchev–Trinajstić information content (AvgIpc) is 2.40. The molecule has 0 spiro atoms. The van der Waals surface area contributed by atoms with Crippen LogP contribution in [0.3, 0.4) is 0 Å². The van der Waals surface area contributed by atoms with Crippen LogP contribution in [0.15, 0.2) is 36.4 Å². The number of ether oxygens (including phenoxy) is 1. The number of hydrogen-bond acceptors (Lipinski definition) is 1. The highest BCUT2D eigenvalue weighted by Gasteiger charge is 2.12. The Bertz CT molecular complexity index is 581. The van der Waals surface area contributed by atoms with Gasteiger partial charge in [-0.2, -0.15) is 0 Å². The molecule has 0 fully saturated rings. The fourth-order valence-electron chi connectivity index (χ4n) is 2.63. The fraction of sp³-hybridized carbons (Fsp3) is 0.333. The van der Waals surface area contributed by atoms with Gasteiger partial charge in [0.2, 0.25) is 0 Å². The molecule has 1 unspecified atom stereocenters. The summed E-state index contributed by atoms with van der Waals surface area (Å²) in [4.78, 5) is 0. The van der Waals surface area contributed by atoms with Gasteiger partial charge in [0.15, 0.2) is 11.6 Å². The van der Waals surface area contributed by atoms with Crippen LogP contribution in [0, 0.1) is 19.7 Å². The summed E-state index contributed by atoms with van der Waals surface area (Å²) in [6.07, 6.45) is 1.11. The molecule has 0 aliphatic carbocycles. The topological polar surface area (TPSA) is 9.23 Å². The summed E-state index contributed by atoms with van der Waals surface area (Å²) in [6, 6.07) is 10.4. The summed E-state index contributed by atoms with van der Waals surface area (Å²) in [7, 11) is 0. The van der Waals surface area contributed by atoms with E-state index in [4.69, 9.17) is 4.74 Å². The first kappa shape index (κ1) is 14.6. The Kier molecular flexibility index (Phi) is 4.43. The van der Waals surface area contributed by atoms with Crippen molar-refractivity contribution in [2.24, 2.45) is 0 Å². The number of para-hydroxylation sites is 1. The zero-order valence-corrected chi connectivity index (χ0v) is 12.5. The normalized spacial score (nSPS) is 12.2. The number of rotatable bonds is 4. The third-order valence-electron chi connectivity index (χ3n) is 3.74. The number of benzene rings is 2. The summed E-state index contributed by atoms with van der Waals surface area (Å²) in [6.45, 7) is 8.59. The Morgan fingerprint density at radius 3 is 2.25 bits per heavy atom. The molecular formula is C18H21FO. The maximum atomic E-state index is 13.6. The molecule has 0 N–H and O–H groups in total. The number of hydrogen-bond donors (Lipinski definition) is 0. The first-order valence-corrected chi connectivity index (χ1v) is 7.06. The summed E-state index contributed by atoms with van der Waals surface area (Å²) in [5.74, 6) is 1.14. The monoisotopic (exact) mass is 272 g/mol. The Balaban J connectivity index is 2.34. The summed E-state index contributed by atoms with van der Waals surface area (Å²) < 4.78 is 19.3. The second-order valence-corrected chi connectivity index (χ2v) is 5.31. The molecule has 0 amide bonds. The SMILES string of the molecule is CCC(C)c1c(C)cc(Oc2ccccc2F)cc1C. The van der Waals surface area contributed by atoms with E-state index in [1.54, 1.807) is 18.2 Å². The van der Waals surface area contributed by atoms with Gasteiger partial charge < -0.3 is 4.74 Å². The van der Waals surface area contributed by atoms with Crippen LogP contribution in [0.2, 0.25) is 0 Å². The minimum absolute atomic E-state index is 0.266. The molecule has 0 aromatic heterocycles. The lowest BCUT2D eigenvalue weighted by atomic mass is 9.90. The Hall–Kier alpha value is -1.83. The van der Waals surface area contributed by atoms with Gasteiger partial charge in [-0.15, -0.1) is 0 Å². The van der Waals surface area contributed by atoms with Gasteiger partial charge in [-0.1, -0.05) is 26.0 Å². The first-order chi connectivity index (χ1) is 9.52. The molecule has 2 aromatic rings. The molecule has 0 aliphatic rings. The van der Waals surface area contributed by atoms with Crippen LogP contribution in [0.4, 0.5) is 4.39 Å². The molecule has 2 aromatic carbocycles. The van der Waals surface area contributed by atoms with E-state index in [2.05, 4.69) is 27.7 Å². The van der Waals surface area contributed by atoms with Gasteiger partial charge in [-0.3, -0.25) is 0 Å². The van der Waals surface area contributed by atoms with E-state index in [1.165, 1.54) is 22.8 Å². The Labute approximate surface area is 120 Å². The predicted octanol–water partition coefficient (Wildman–Crippen LogP) is 5.75. The summed E-state index contributed by atoms with van der Waals surface area (Å²) >= 11 is 0. The van der Waals surface area contributed by atoms with Gasteiger partial charge in [0.05, 0.1) is 0 Å². The van der Waals surface area contributed by atoms with Gasteiger partial charge in [0, 0.05) is 0 Å². The third-order valence-corrected chi connectivity index (χ3v) is 3.74. The molecule has 0 saturated heterocycles. The minimum Gasteiger partial charge on any atom is -0.454 e. The average molecular weight is 272 g/mol. The second-order valence-electron chi connectivity index (χ2n) is 5.31. The van der Waals surface area contributed by atoms with Crippen LogP contribution in [0.1, 0.15) is 42.9 Å². The lowest BCUT2D eigenvalue weighted by molar-refractivity contribution is 0.441. The van der Waals surface area contributed by atoms with Crippen LogP contribution in [-0.2, 0) is 0 Å². The minimum atomic E-state index is -0.339. The smallest absolute Gasteiger partial charge is 0.165 e. The molecule has 0 saturated carbocycles. The van der Waals surface area contributed by atoms with Crippen LogP contribution in [0.25, 0.3) is 0 Å². The Morgan fingerprint density at radius 1 is 1.10 bits per heavy atom. The van der Waals surface area contributed by atoms with Crippen molar-refractivity contribution < 1.29 is 9.13 Å². The quantitative estimate of drug-likeness (QED) is 0.688. The third kappa shape index (κ3) is 3.01. The van der Waals surface area contributed by atoms with Gasteiger partial charge in [0.25, 0.3) is 0 Å². The molecule has 2 heteroatoms. The van der Waals surface area contributed by atoms with E-state index < -0.39 is 0 Å². The molecule has 0 heterocycles. The van der Waals surface area contributed by atoms with Gasteiger partial charge in [0.1, 0.15) is 5.75 Å². The highest BCUT2D eigenvalue weighted by atomic mass is 19.1. The Morgan fingerprint density at radius 2 is 1.70 bits per heavy atom. The van der Waals surface area contributed by atoms with Crippen molar-refractivity contribution in [2.45, 2.75) is 40.0 Å². The van der Waals surface area contributed by atoms with Crippen LogP contribution < -0.4 is 4.74 Å². The lowest BCUT2D eigenvalue weighted by Crippen LogP contribution is -2.00. The molecule has 2 rings (SSSR count). The number of halogens is 1. The van der Waals surface area contributed by atoms with Crippen molar-refractivity contribution in [2.75, 3.05) is 0 Å². The van der Waals surface area contributed by atoms with Crippen molar-refractivity contribution in [3.05, 3.63) is 58.9 Å². The van der Waals surface area contributed by atoms with Crippen molar-refractivity contribution in [3.8, 4) is 11.5 Å². The molecule has 1 nitrogen and oxygen atoms in total. The van der Waals surface area contributed by atoms with E-state index >= 15 is 0 Å². The molecule has 20 heavy (non-hydrogen) atoms.